The second-order valence-corrected chi connectivity index (χ2v) is 8.56. The van der Waals surface area contributed by atoms with Crippen LogP contribution in [-0.4, -0.2) is 33.8 Å². The van der Waals surface area contributed by atoms with Crippen LogP contribution in [0.3, 0.4) is 0 Å². The molecule has 0 spiro atoms. The fourth-order valence-corrected chi connectivity index (χ4v) is 4.21. The van der Waals surface area contributed by atoms with Crippen molar-refractivity contribution >= 4 is 45.4 Å². The standard InChI is InChI=1S/C19H13F7N4O2S2/c1-8-3-11(17(20,18(21,22)23)19(24,25)26)4-9(2)14(8)28-15(31)10-5-13(33-6-10)27-16(32)12-7-34-30-29-12/h3-7H,1-2H3,(H,27,32)(H,28,31). The molecule has 3 aromatic rings. The zero-order chi connectivity index (χ0) is 25.5. The molecule has 0 unspecified atom stereocenters. The summed E-state index contributed by atoms with van der Waals surface area (Å²) < 4.78 is 96.3. The van der Waals surface area contributed by atoms with Gasteiger partial charge >= 0.3 is 18.0 Å². The van der Waals surface area contributed by atoms with E-state index < -0.39 is 35.4 Å². The van der Waals surface area contributed by atoms with Gasteiger partial charge in [-0.1, -0.05) is 16.6 Å². The lowest BCUT2D eigenvalue weighted by atomic mass is 9.90. The first-order valence-electron chi connectivity index (χ1n) is 9.07. The second-order valence-electron chi connectivity index (χ2n) is 7.04. The number of halogens is 7. The molecule has 1 aromatic carbocycles. The number of anilines is 2. The molecule has 182 valence electrons. The number of aryl methyl sites for hydroxylation is 2. The molecule has 0 aliphatic heterocycles. The van der Waals surface area contributed by atoms with E-state index in [1.807, 2.05) is 0 Å². The summed E-state index contributed by atoms with van der Waals surface area (Å²) in [6, 6.07) is 2.10. The van der Waals surface area contributed by atoms with Crippen molar-refractivity contribution in [1.29, 1.82) is 0 Å². The topological polar surface area (TPSA) is 84.0 Å². The van der Waals surface area contributed by atoms with Gasteiger partial charge in [0.2, 0.25) is 0 Å². The van der Waals surface area contributed by atoms with Crippen molar-refractivity contribution in [2.75, 3.05) is 10.6 Å². The molecule has 2 N–H and O–H groups in total. The van der Waals surface area contributed by atoms with Gasteiger partial charge in [0, 0.05) is 22.0 Å². The molecule has 6 nitrogen and oxygen atoms in total. The third kappa shape index (κ3) is 4.75. The lowest BCUT2D eigenvalue weighted by Gasteiger charge is -2.31. The van der Waals surface area contributed by atoms with Crippen molar-refractivity contribution in [3.05, 3.63) is 56.9 Å². The van der Waals surface area contributed by atoms with Crippen LogP contribution in [0.5, 0.6) is 0 Å². The first-order valence-corrected chi connectivity index (χ1v) is 10.8. The van der Waals surface area contributed by atoms with E-state index in [2.05, 4.69) is 20.2 Å². The highest BCUT2D eigenvalue weighted by Gasteiger charge is 2.73. The van der Waals surface area contributed by atoms with E-state index in [4.69, 9.17) is 0 Å². The molecule has 0 aliphatic carbocycles. The Kier molecular flexibility index (Phi) is 6.72. The maximum atomic E-state index is 14.4. The predicted molar refractivity (Wildman–Crippen MR) is 111 cm³/mol. The Bertz CT molecular complexity index is 1180. The predicted octanol–water partition coefficient (Wildman–Crippen LogP) is 6.01. The van der Waals surface area contributed by atoms with Gasteiger partial charge in [0.05, 0.1) is 10.6 Å². The van der Waals surface area contributed by atoms with Crippen molar-refractivity contribution in [1.82, 2.24) is 9.59 Å². The Balaban J connectivity index is 1.84. The minimum Gasteiger partial charge on any atom is -0.321 e. The normalized spacial score (nSPS) is 12.5. The number of thiophene rings is 1. The second kappa shape index (κ2) is 8.94. The van der Waals surface area contributed by atoms with Gasteiger partial charge in [-0.3, -0.25) is 9.59 Å². The number of amides is 2. The zero-order valence-electron chi connectivity index (χ0n) is 17.1. The summed E-state index contributed by atoms with van der Waals surface area (Å²) in [5.74, 6) is -1.31. The fourth-order valence-electron chi connectivity index (χ4n) is 2.99. The minimum atomic E-state index is -6.25. The van der Waals surface area contributed by atoms with Crippen LogP contribution in [0, 0.1) is 13.8 Å². The average molecular weight is 526 g/mol. The van der Waals surface area contributed by atoms with Crippen molar-refractivity contribution in [2.24, 2.45) is 0 Å². The summed E-state index contributed by atoms with van der Waals surface area (Å²) in [5.41, 5.74) is -7.59. The van der Waals surface area contributed by atoms with E-state index in [1.54, 1.807) is 0 Å². The number of hydrogen-bond donors (Lipinski definition) is 2. The van der Waals surface area contributed by atoms with E-state index in [1.165, 1.54) is 16.8 Å². The highest BCUT2D eigenvalue weighted by atomic mass is 32.1. The van der Waals surface area contributed by atoms with Gasteiger partial charge in [0.25, 0.3) is 11.8 Å². The molecular formula is C19H13F7N4O2S2. The monoisotopic (exact) mass is 526 g/mol. The van der Waals surface area contributed by atoms with Gasteiger partial charge in [-0.25, -0.2) is 4.39 Å². The van der Waals surface area contributed by atoms with E-state index in [9.17, 15) is 40.3 Å². The Labute approximate surface area is 195 Å². The first-order chi connectivity index (χ1) is 15.6. The van der Waals surface area contributed by atoms with Gasteiger partial charge in [-0.2, -0.15) is 26.3 Å². The smallest absolute Gasteiger partial charge is 0.321 e. The summed E-state index contributed by atoms with van der Waals surface area (Å²) in [7, 11) is 0. The Morgan fingerprint density at radius 3 is 1.94 bits per heavy atom. The molecule has 0 saturated heterocycles. The summed E-state index contributed by atoms with van der Waals surface area (Å²) in [5, 5.41) is 11.6. The number of benzene rings is 1. The van der Waals surface area contributed by atoms with E-state index in [0.717, 1.165) is 36.7 Å². The Morgan fingerprint density at radius 1 is 0.853 bits per heavy atom. The molecule has 3 rings (SSSR count). The minimum absolute atomic E-state index is 0.0602. The molecule has 0 bridgehead atoms. The summed E-state index contributed by atoms with van der Waals surface area (Å²) >= 11 is 1.96. The maximum absolute atomic E-state index is 14.4. The van der Waals surface area contributed by atoms with Crippen molar-refractivity contribution in [3.63, 3.8) is 0 Å². The molecule has 0 fully saturated rings. The highest BCUT2D eigenvalue weighted by Crippen LogP contribution is 2.53. The number of hydrogen-bond acceptors (Lipinski definition) is 6. The summed E-state index contributed by atoms with van der Waals surface area (Å²) in [6.45, 7) is 2.28. The lowest BCUT2D eigenvalue weighted by molar-refractivity contribution is -0.348. The largest absolute Gasteiger partial charge is 0.435 e. The Hall–Kier alpha value is -3.07. The fraction of sp³-hybridized carbons (Fsp3) is 0.263. The van der Waals surface area contributed by atoms with Crippen LogP contribution in [0.15, 0.2) is 29.0 Å². The number of carbonyl (C=O) groups excluding carboxylic acids is 2. The summed E-state index contributed by atoms with van der Waals surface area (Å²) in [6.07, 6.45) is -12.5. The number of alkyl halides is 7. The zero-order valence-corrected chi connectivity index (χ0v) is 18.7. The van der Waals surface area contributed by atoms with E-state index in [0.29, 0.717) is 12.1 Å². The third-order valence-corrected chi connectivity index (χ3v) is 5.99. The molecule has 0 aliphatic rings. The number of aromatic nitrogens is 2. The van der Waals surface area contributed by atoms with Crippen LogP contribution in [0.4, 0.5) is 41.4 Å². The molecule has 2 amide bonds. The summed E-state index contributed by atoms with van der Waals surface area (Å²) in [4.78, 5) is 24.6. The third-order valence-electron chi connectivity index (χ3n) is 4.64. The van der Waals surface area contributed by atoms with Crippen LogP contribution in [0.2, 0.25) is 0 Å². The maximum Gasteiger partial charge on any atom is 0.435 e. The number of nitrogens with one attached hydrogen (secondary N) is 2. The van der Waals surface area contributed by atoms with Gasteiger partial charge in [-0.05, 0) is 42.6 Å². The molecule has 34 heavy (non-hydrogen) atoms. The van der Waals surface area contributed by atoms with Crippen LogP contribution in [-0.2, 0) is 5.67 Å². The molecule has 0 atom stereocenters. The number of nitrogens with zero attached hydrogens (tertiary/aromatic N) is 2. The molecule has 0 radical (unpaired) electrons. The molecule has 2 heterocycles. The van der Waals surface area contributed by atoms with Gasteiger partial charge < -0.3 is 10.6 Å². The number of carbonyl (C=O) groups is 2. The molecule has 0 saturated carbocycles. The van der Waals surface area contributed by atoms with Gasteiger partial charge in [0.15, 0.2) is 5.69 Å². The Morgan fingerprint density at radius 2 is 1.44 bits per heavy atom. The molecular weight excluding hydrogens is 513 g/mol. The van der Waals surface area contributed by atoms with Crippen LogP contribution in [0.25, 0.3) is 0 Å². The SMILES string of the molecule is Cc1cc(C(F)(C(F)(F)F)C(F)(F)F)cc(C)c1NC(=O)c1csc(NC(=O)c2csnn2)c1. The van der Waals surface area contributed by atoms with Crippen molar-refractivity contribution < 1.29 is 40.3 Å². The average Bonchev–Trinajstić information content (AvgIpc) is 3.40. The van der Waals surface area contributed by atoms with E-state index in [-0.39, 0.29) is 33.1 Å². The van der Waals surface area contributed by atoms with Crippen molar-refractivity contribution in [2.45, 2.75) is 31.9 Å². The first kappa shape index (κ1) is 25.6. The van der Waals surface area contributed by atoms with E-state index >= 15 is 0 Å². The van der Waals surface area contributed by atoms with Crippen LogP contribution < -0.4 is 10.6 Å². The van der Waals surface area contributed by atoms with Gasteiger partial charge in [-0.15, -0.1) is 16.4 Å². The van der Waals surface area contributed by atoms with Crippen LogP contribution >= 0.6 is 22.9 Å². The molecule has 2 aromatic heterocycles. The lowest BCUT2D eigenvalue weighted by Crippen LogP contribution is -2.50. The number of rotatable bonds is 5. The van der Waals surface area contributed by atoms with Crippen LogP contribution in [0.1, 0.15) is 37.5 Å². The quantitative estimate of drug-likeness (QED) is 0.399. The van der Waals surface area contributed by atoms with Crippen molar-refractivity contribution in [3.8, 4) is 0 Å². The van der Waals surface area contributed by atoms with Gasteiger partial charge in [0.1, 0.15) is 0 Å². The molecule has 15 heteroatoms. The highest BCUT2D eigenvalue weighted by molar-refractivity contribution is 7.14.